The lowest BCUT2D eigenvalue weighted by atomic mass is 10.1. The molecule has 14 heavy (non-hydrogen) atoms. The van der Waals surface area contributed by atoms with E-state index >= 15 is 0 Å². The fraction of sp³-hybridized carbons (Fsp3) is 0.500. The molecule has 1 aromatic carbocycles. The van der Waals surface area contributed by atoms with Crippen LogP contribution in [0.5, 0.6) is 0 Å². The lowest BCUT2D eigenvalue weighted by Gasteiger charge is -2.13. The van der Waals surface area contributed by atoms with Crippen LogP contribution in [0.25, 0.3) is 0 Å². The van der Waals surface area contributed by atoms with E-state index in [1.807, 2.05) is 11.8 Å². The minimum Gasteiger partial charge on any atom is -0.306 e. The molecule has 1 aromatic rings. The minimum absolute atomic E-state index is 0.591. The third-order valence-electron chi connectivity index (χ3n) is 2.81. The average molecular weight is 207 g/mol. The molecule has 1 nitrogen and oxygen atoms in total. The Kier molecular flexibility index (Phi) is 3.49. The lowest BCUT2D eigenvalue weighted by Crippen LogP contribution is -2.26. The van der Waals surface area contributed by atoms with Crippen molar-refractivity contribution in [2.45, 2.75) is 24.9 Å². The summed E-state index contributed by atoms with van der Waals surface area (Å²) in [4.78, 5) is 0. The van der Waals surface area contributed by atoms with Gasteiger partial charge in [-0.25, -0.2) is 0 Å². The highest BCUT2D eigenvalue weighted by Gasteiger charge is 2.23. The minimum atomic E-state index is 0.591. The molecule has 0 amide bonds. The summed E-state index contributed by atoms with van der Waals surface area (Å²) >= 11 is 1.93. The molecular weight excluding hydrogens is 190 g/mol. The van der Waals surface area contributed by atoms with Crippen LogP contribution in [-0.4, -0.2) is 18.1 Å². The largest absolute Gasteiger partial charge is 0.306 e. The van der Waals surface area contributed by atoms with Crippen molar-refractivity contribution in [1.82, 2.24) is 5.32 Å². The molecule has 0 radical (unpaired) electrons. The van der Waals surface area contributed by atoms with Crippen LogP contribution in [0.1, 0.15) is 24.4 Å². The molecule has 1 N–H and O–H groups in total. The van der Waals surface area contributed by atoms with Gasteiger partial charge in [-0.2, -0.15) is 11.8 Å². The van der Waals surface area contributed by atoms with Gasteiger partial charge in [0.15, 0.2) is 0 Å². The van der Waals surface area contributed by atoms with Crippen LogP contribution in [0.2, 0.25) is 0 Å². The zero-order valence-corrected chi connectivity index (χ0v) is 9.39. The Hall–Kier alpha value is -0.470. The van der Waals surface area contributed by atoms with E-state index in [1.54, 1.807) is 0 Å². The summed E-state index contributed by atoms with van der Waals surface area (Å²) in [6, 6.07) is 12.1. The van der Waals surface area contributed by atoms with Crippen molar-refractivity contribution in [1.29, 1.82) is 0 Å². The second-order valence-corrected chi connectivity index (χ2v) is 4.77. The average Bonchev–Trinajstić information content (AvgIpc) is 2.68. The van der Waals surface area contributed by atoms with Crippen molar-refractivity contribution in [3.05, 3.63) is 35.9 Å². The molecule has 2 atom stereocenters. The first-order valence-electron chi connectivity index (χ1n) is 5.20. The highest BCUT2D eigenvalue weighted by molar-refractivity contribution is 7.98. The maximum atomic E-state index is 3.69. The molecule has 76 valence electrons. The van der Waals surface area contributed by atoms with Gasteiger partial charge in [-0.05, 0) is 24.7 Å². The van der Waals surface area contributed by atoms with E-state index in [4.69, 9.17) is 0 Å². The molecule has 1 aliphatic rings. The van der Waals surface area contributed by atoms with E-state index in [9.17, 15) is 0 Å². The Morgan fingerprint density at radius 1 is 1.29 bits per heavy atom. The second-order valence-electron chi connectivity index (χ2n) is 3.86. The maximum Gasteiger partial charge on any atom is 0.0323 e. The summed E-state index contributed by atoms with van der Waals surface area (Å²) in [6.45, 7) is 0. The van der Waals surface area contributed by atoms with Gasteiger partial charge in [-0.1, -0.05) is 30.3 Å². The smallest absolute Gasteiger partial charge is 0.0323 e. The first-order chi connectivity index (χ1) is 6.90. The highest BCUT2D eigenvalue weighted by atomic mass is 32.2. The molecule has 1 heterocycles. The van der Waals surface area contributed by atoms with Crippen molar-refractivity contribution in [2.75, 3.05) is 12.0 Å². The molecular formula is C12H17NS. The van der Waals surface area contributed by atoms with Gasteiger partial charge in [-0.3, -0.25) is 0 Å². The quantitative estimate of drug-likeness (QED) is 0.818. The first kappa shape index (κ1) is 10.1. The van der Waals surface area contributed by atoms with Gasteiger partial charge in [0, 0.05) is 17.8 Å². The molecule has 1 fully saturated rings. The van der Waals surface area contributed by atoms with Crippen molar-refractivity contribution >= 4 is 11.8 Å². The van der Waals surface area contributed by atoms with E-state index in [1.165, 1.54) is 24.2 Å². The Labute approximate surface area is 90.3 Å². The van der Waals surface area contributed by atoms with Gasteiger partial charge < -0.3 is 5.32 Å². The van der Waals surface area contributed by atoms with Crippen LogP contribution in [0.4, 0.5) is 0 Å². The van der Waals surface area contributed by atoms with Gasteiger partial charge in [0.05, 0.1) is 0 Å². The maximum absolute atomic E-state index is 3.69. The monoisotopic (exact) mass is 207 g/mol. The Balaban J connectivity index is 1.96. The fourth-order valence-corrected chi connectivity index (χ4v) is 2.77. The van der Waals surface area contributed by atoms with Crippen molar-refractivity contribution in [3.63, 3.8) is 0 Å². The van der Waals surface area contributed by atoms with Gasteiger partial charge >= 0.3 is 0 Å². The van der Waals surface area contributed by atoms with Crippen LogP contribution in [0.15, 0.2) is 30.3 Å². The van der Waals surface area contributed by atoms with Crippen LogP contribution in [0, 0.1) is 0 Å². The summed E-state index contributed by atoms with van der Waals surface area (Å²) in [5, 5.41) is 3.69. The zero-order chi connectivity index (χ0) is 9.80. The van der Waals surface area contributed by atoms with E-state index in [2.05, 4.69) is 41.9 Å². The molecule has 1 saturated heterocycles. The van der Waals surface area contributed by atoms with Gasteiger partial charge in [-0.15, -0.1) is 0 Å². The topological polar surface area (TPSA) is 12.0 Å². The molecule has 0 aromatic heterocycles. The number of hydrogen-bond acceptors (Lipinski definition) is 2. The number of nitrogens with one attached hydrogen (secondary N) is 1. The van der Waals surface area contributed by atoms with Crippen LogP contribution < -0.4 is 5.32 Å². The van der Waals surface area contributed by atoms with Crippen LogP contribution in [0.3, 0.4) is 0 Å². The Morgan fingerprint density at radius 3 is 2.79 bits per heavy atom. The molecule has 0 aliphatic carbocycles. The third-order valence-corrected chi connectivity index (χ3v) is 3.55. The normalized spacial score (nSPS) is 26.6. The molecule has 1 aliphatic heterocycles. The number of benzene rings is 1. The van der Waals surface area contributed by atoms with Crippen LogP contribution in [-0.2, 0) is 0 Å². The first-order valence-corrected chi connectivity index (χ1v) is 6.59. The van der Waals surface area contributed by atoms with Gasteiger partial charge in [0.25, 0.3) is 0 Å². The van der Waals surface area contributed by atoms with Crippen molar-refractivity contribution < 1.29 is 0 Å². The van der Waals surface area contributed by atoms with Crippen molar-refractivity contribution in [3.8, 4) is 0 Å². The van der Waals surface area contributed by atoms with Gasteiger partial charge in [0.2, 0.25) is 0 Å². The Morgan fingerprint density at radius 2 is 2.07 bits per heavy atom. The molecule has 2 rings (SSSR count). The standard InChI is InChI=1S/C12H17NS/c1-14-9-11-7-8-12(13-11)10-5-3-2-4-6-10/h2-6,11-13H,7-9H2,1H3/t11-,12+/m1/s1. The predicted octanol–water partition coefficient (Wildman–Crippen LogP) is 2.84. The number of thioether (sulfide) groups is 1. The Bertz CT molecular complexity index is 273. The number of rotatable bonds is 3. The highest BCUT2D eigenvalue weighted by Crippen LogP contribution is 2.27. The third kappa shape index (κ3) is 2.31. The van der Waals surface area contributed by atoms with E-state index in [-0.39, 0.29) is 0 Å². The predicted molar refractivity (Wildman–Crippen MR) is 63.7 cm³/mol. The van der Waals surface area contributed by atoms with Crippen LogP contribution >= 0.6 is 11.8 Å². The summed E-state index contributed by atoms with van der Waals surface area (Å²) in [7, 11) is 0. The summed E-state index contributed by atoms with van der Waals surface area (Å²) in [5.74, 6) is 1.24. The molecule has 0 saturated carbocycles. The van der Waals surface area contributed by atoms with Crippen molar-refractivity contribution in [2.24, 2.45) is 0 Å². The van der Waals surface area contributed by atoms with E-state index < -0.39 is 0 Å². The summed E-state index contributed by atoms with van der Waals surface area (Å²) in [5.41, 5.74) is 1.44. The lowest BCUT2D eigenvalue weighted by molar-refractivity contribution is 0.590. The number of hydrogen-bond donors (Lipinski definition) is 1. The van der Waals surface area contributed by atoms with E-state index in [0.717, 1.165) is 6.04 Å². The summed E-state index contributed by atoms with van der Waals surface area (Å²) in [6.07, 6.45) is 4.78. The molecule has 0 unspecified atom stereocenters. The fourth-order valence-electron chi connectivity index (χ4n) is 2.10. The molecule has 0 bridgehead atoms. The second kappa shape index (κ2) is 4.85. The molecule has 2 heteroatoms. The van der Waals surface area contributed by atoms with Gasteiger partial charge in [0.1, 0.15) is 0 Å². The zero-order valence-electron chi connectivity index (χ0n) is 8.57. The van der Waals surface area contributed by atoms with E-state index in [0.29, 0.717) is 6.04 Å². The SMILES string of the molecule is CSC[C@H]1CC[C@@H](c2ccccc2)N1. The summed E-state index contributed by atoms with van der Waals surface area (Å²) < 4.78 is 0. The molecule has 0 spiro atoms.